The van der Waals surface area contributed by atoms with Crippen molar-refractivity contribution in [2.45, 2.75) is 0 Å². The summed E-state index contributed by atoms with van der Waals surface area (Å²) in [6, 6.07) is 0. The third-order valence-corrected chi connectivity index (χ3v) is 1.96. The summed E-state index contributed by atoms with van der Waals surface area (Å²) >= 11 is 0. The Hall–Kier alpha value is -1.07. The van der Waals surface area contributed by atoms with Crippen LogP contribution < -0.4 is 5.32 Å². The van der Waals surface area contributed by atoms with Crippen LogP contribution in [0.5, 0.6) is 0 Å². The van der Waals surface area contributed by atoms with E-state index in [-0.39, 0.29) is 4.91 Å². The van der Waals surface area contributed by atoms with E-state index in [1.54, 1.807) is 6.20 Å². The fourth-order valence-corrected chi connectivity index (χ4v) is 1.10. The molecule has 0 atom stereocenters. The first-order chi connectivity index (χ1) is 5.11. The highest BCUT2D eigenvalue weighted by molar-refractivity contribution is 7.90. The Balaban J connectivity index is 3.05. The van der Waals surface area contributed by atoms with Crippen molar-refractivity contribution in [2.24, 2.45) is 0 Å². The Kier molecular flexibility index (Phi) is 2.11. The quantitative estimate of drug-likeness (QED) is 0.563. The monoisotopic (exact) mass is 173 g/mol. The minimum Gasteiger partial charge on any atom is -0.368 e. The summed E-state index contributed by atoms with van der Waals surface area (Å²) in [5, 5.41) is 2.66. The van der Waals surface area contributed by atoms with Gasteiger partial charge in [0.15, 0.2) is 0 Å². The molecule has 5 heteroatoms. The summed E-state index contributed by atoms with van der Waals surface area (Å²) in [5.74, 6) is 0. The van der Waals surface area contributed by atoms with Crippen LogP contribution in [0.15, 0.2) is 35.5 Å². The third-order valence-electron chi connectivity index (χ3n) is 1.09. The van der Waals surface area contributed by atoms with Crippen LogP contribution in [0.3, 0.4) is 0 Å². The molecule has 0 fully saturated rings. The highest BCUT2D eigenvalue weighted by atomic mass is 32.2. The maximum absolute atomic E-state index is 10.5. The molecule has 0 saturated carbocycles. The SMILES string of the molecule is O=S(=O)(O)C1=CC=CNC=C1. The molecule has 0 unspecified atom stereocenters. The van der Waals surface area contributed by atoms with Crippen LogP contribution in [0, 0.1) is 0 Å². The van der Waals surface area contributed by atoms with Gasteiger partial charge in [-0.05, 0) is 18.2 Å². The van der Waals surface area contributed by atoms with Crippen LogP contribution in [0.4, 0.5) is 0 Å². The number of nitrogens with one attached hydrogen (secondary N) is 1. The van der Waals surface area contributed by atoms with E-state index in [0.29, 0.717) is 0 Å². The van der Waals surface area contributed by atoms with Gasteiger partial charge < -0.3 is 5.32 Å². The van der Waals surface area contributed by atoms with Crippen molar-refractivity contribution >= 4 is 10.1 Å². The molecule has 0 saturated heterocycles. The van der Waals surface area contributed by atoms with Gasteiger partial charge in [-0.3, -0.25) is 4.55 Å². The molecule has 0 amide bonds. The van der Waals surface area contributed by atoms with Crippen LogP contribution in [-0.2, 0) is 10.1 Å². The molecule has 60 valence electrons. The van der Waals surface area contributed by atoms with Gasteiger partial charge in [-0.15, -0.1) is 0 Å². The average Bonchev–Trinajstić information content (AvgIpc) is 2.10. The minimum atomic E-state index is -4.07. The number of hydrogen-bond acceptors (Lipinski definition) is 3. The van der Waals surface area contributed by atoms with Gasteiger partial charge in [-0.25, -0.2) is 0 Å². The highest BCUT2D eigenvalue weighted by Crippen LogP contribution is 2.06. The van der Waals surface area contributed by atoms with E-state index < -0.39 is 10.1 Å². The van der Waals surface area contributed by atoms with Gasteiger partial charge in [-0.1, -0.05) is 0 Å². The molecule has 0 aromatic rings. The minimum absolute atomic E-state index is 0.126. The average molecular weight is 173 g/mol. The summed E-state index contributed by atoms with van der Waals surface area (Å²) in [5.41, 5.74) is 0. The molecule has 0 radical (unpaired) electrons. The lowest BCUT2D eigenvalue weighted by Crippen LogP contribution is -1.99. The highest BCUT2D eigenvalue weighted by Gasteiger charge is 2.09. The maximum Gasteiger partial charge on any atom is 0.294 e. The summed E-state index contributed by atoms with van der Waals surface area (Å²) in [6.07, 6.45) is 7.03. The standard InChI is InChI=1S/C6H7NO3S/c8-11(9,10)6-2-1-4-7-5-3-6/h1-5,7H,(H,8,9,10). The van der Waals surface area contributed by atoms with Crippen molar-refractivity contribution in [1.82, 2.24) is 5.32 Å². The van der Waals surface area contributed by atoms with Gasteiger partial charge in [-0.2, -0.15) is 8.42 Å². The number of hydrogen-bond donors (Lipinski definition) is 2. The fourth-order valence-electron chi connectivity index (χ4n) is 0.612. The van der Waals surface area contributed by atoms with Gasteiger partial charge in [0.2, 0.25) is 0 Å². The zero-order valence-corrected chi connectivity index (χ0v) is 6.38. The Morgan fingerprint density at radius 1 is 1.36 bits per heavy atom. The van der Waals surface area contributed by atoms with E-state index >= 15 is 0 Å². The third kappa shape index (κ3) is 2.21. The van der Waals surface area contributed by atoms with Crippen molar-refractivity contribution < 1.29 is 13.0 Å². The van der Waals surface area contributed by atoms with Crippen molar-refractivity contribution in [3.8, 4) is 0 Å². The van der Waals surface area contributed by atoms with Crippen molar-refractivity contribution in [1.29, 1.82) is 0 Å². The molecular weight excluding hydrogens is 166 g/mol. The van der Waals surface area contributed by atoms with Crippen LogP contribution in [-0.4, -0.2) is 13.0 Å². The predicted octanol–water partition coefficient (Wildman–Crippen LogP) is 0.389. The smallest absolute Gasteiger partial charge is 0.294 e. The largest absolute Gasteiger partial charge is 0.368 e. The molecule has 2 N–H and O–H groups in total. The van der Waals surface area contributed by atoms with Gasteiger partial charge in [0.25, 0.3) is 10.1 Å². The second-order valence-corrected chi connectivity index (χ2v) is 3.32. The number of allylic oxidation sites excluding steroid dienone is 3. The lowest BCUT2D eigenvalue weighted by atomic mass is 10.5. The normalized spacial score (nSPS) is 17.0. The zero-order chi connectivity index (χ0) is 8.32. The van der Waals surface area contributed by atoms with Crippen molar-refractivity contribution in [3.05, 3.63) is 35.5 Å². The van der Waals surface area contributed by atoms with Gasteiger partial charge >= 0.3 is 0 Å². The first-order valence-electron chi connectivity index (χ1n) is 2.87. The van der Waals surface area contributed by atoms with Crippen molar-refractivity contribution in [3.63, 3.8) is 0 Å². The summed E-state index contributed by atoms with van der Waals surface area (Å²) in [4.78, 5) is -0.126. The fraction of sp³-hybridized carbons (Fsp3) is 0. The molecule has 4 nitrogen and oxygen atoms in total. The van der Waals surface area contributed by atoms with Crippen LogP contribution >= 0.6 is 0 Å². The van der Waals surface area contributed by atoms with E-state index in [9.17, 15) is 8.42 Å². The molecule has 1 aliphatic rings. The molecule has 11 heavy (non-hydrogen) atoms. The Morgan fingerprint density at radius 2 is 2.09 bits per heavy atom. The van der Waals surface area contributed by atoms with Crippen LogP contribution in [0.2, 0.25) is 0 Å². The second kappa shape index (κ2) is 2.89. The van der Waals surface area contributed by atoms with Crippen LogP contribution in [0.25, 0.3) is 0 Å². The van der Waals surface area contributed by atoms with E-state index in [0.717, 1.165) is 0 Å². The van der Waals surface area contributed by atoms with Gasteiger partial charge in [0, 0.05) is 12.4 Å². The molecule has 0 spiro atoms. The molecule has 0 aromatic heterocycles. The Bertz CT molecular complexity index is 324. The van der Waals surface area contributed by atoms with Gasteiger partial charge in [0.05, 0.1) is 4.91 Å². The van der Waals surface area contributed by atoms with E-state index in [1.807, 2.05) is 0 Å². The second-order valence-electron chi connectivity index (χ2n) is 1.90. The zero-order valence-electron chi connectivity index (χ0n) is 5.56. The Morgan fingerprint density at radius 3 is 2.73 bits per heavy atom. The molecule has 0 aliphatic carbocycles. The lowest BCUT2D eigenvalue weighted by molar-refractivity contribution is 0.492. The molecule has 0 bridgehead atoms. The van der Waals surface area contributed by atoms with E-state index in [4.69, 9.17) is 4.55 Å². The molecular formula is C6H7NO3S. The molecule has 1 aliphatic heterocycles. The molecule has 1 rings (SSSR count). The molecule has 1 heterocycles. The predicted molar refractivity (Wildman–Crippen MR) is 41.0 cm³/mol. The summed E-state index contributed by atoms with van der Waals surface area (Å²) in [7, 11) is -4.07. The van der Waals surface area contributed by atoms with Gasteiger partial charge in [0.1, 0.15) is 0 Å². The summed E-state index contributed by atoms with van der Waals surface area (Å²) in [6.45, 7) is 0. The van der Waals surface area contributed by atoms with E-state index in [1.165, 1.54) is 24.4 Å². The van der Waals surface area contributed by atoms with Crippen LogP contribution in [0.1, 0.15) is 0 Å². The topological polar surface area (TPSA) is 66.4 Å². The lowest BCUT2D eigenvalue weighted by Gasteiger charge is -1.92. The number of rotatable bonds is 1. The summed E-state index contributed by atoms with van der Waals surface area (Å²) < 4.78 is 29.6. The maximum atomic E-state index is 10.5. The van der Waals surface area contributed by atoms with E-state index in [2.05, 4.69) is 5.32 Å². The first kappa shape index (κ1) is 8.03. The Labute approximate surface area is 64.7 Å². The van der Waals surface area contributed by atoms with Crippen molar-refractivity contribution in [2.75, 3.05) is 0 Å². The first-order valence-corrected chi connectivity index (χ1v) is 4.31. The molecule has 0 aromatic carbocycles.